The van der Waals surface area contributed by atoms with Crippen molar-refractivity contribution in [2.75, 3.05) is 13.2 Å². The maximum absolute atomic E-state index is 14.8. The van der Waals surface area contributed by atoms with Gasteiger partial charge < -0.3 is 23.7 Å². The molecule has 3 aromatic carbocycles. The molecule has 0 aromatic heterocycles. The number of ether oxygens (including phenoxy) is 5. The molecule has 1 aliphatic heterocycles. The second-order valence-electron chi connectivity index (χ2n) is 9.51. The first kappa shape index (κ1) is 32.9. The Labute approximate surface area is 243 Å². The smallest absolute Gasteiger partial charge is 0.451 e. The summed E-state index contributed by atoms with van der Waals surface area (Å²) in [4.78, 5) is 0. The van der Waals surface area contributed by atoms with Crippen LogP contribution in [0.4, 0.5) is 43.9 Å². The topological polar surface area (TPSA) is 46.2 Å². The lowest BCUT2D eigenvalue weighted by atomic mass is 10.0. The molecule has 5 nitrogen and oxygen atoms in total. The van der Waals surface area contributed by atoms with Gasteiger partial charge in [0, 0.05) is 29.7 Å². The number of hydrogen-bond acceptors (Lipinski definition) is 5. The Morgan fingerprint density at radius 1 is 0.818 bits per heavy atom. The molecular formula is C29H22F10O5. The number of hydrogen-bond donors (Lipinski definition) is 0. The molecule has 238 valence electrons. The van der Waals surface area contributed by atoms with Crippen molar-refractivity contribution in [3.8, 4) is 28.4 Å². The SMILES string of the molecule is CCCC1COC(C(F)(F)Oc2ccc(-c3ccc(C(F)(F)Oc4cc(F)c(OC=C(F)F)c(F)c4)c(F)c3)c(F)c2)OC1. The molecule has 0 bridgehead atoms. The molecule has 44 heavy (non-hydrogen) atoms. The van der Waals surface area contributed by atoms with Crippen molar-refractivity contribution in [3.63, 3.8) is 0 Å². The standard InChI is InChI=1S/C29H22F10O5/c1-2-3-15-12-41-27(42-13-15)29(38,39)43-17-5-6-19(21(30)9-17)16-4-7-20(22(31)8-16)28(36,37)44-18-10-23(32)26(24(33)11-18)40-14-25(34)35/h4-11,14-15,27H,2-3,12-13H2,1H3. The van der Waals surface area contributed by atoms with Crippen molar-refractivity contribution in [2.24, 2.45) is 5.92 Å². The maximum atomic E-state index is 14.8. The van der Waals surface area contributed by atoms with Crippen LogP contribution in [0.2, 0.25) is 0 Å². The van der Waals surface area contributed by atoms with Gasteiger partial charge in [-0.3, -0.25) is 0 Å². The minimum absolute atomic E-state index is 0.0210. The van der Waals surface area contributed by atoms with Crippen LogP contribution in [0.15, 0.2) is 60.9 Å². The van der Waals surface area contributed by atoms with E-state index in [0.717, 1.165) is 24.6 Å². The zero-order valence-corrected chi connectivity index (χ0v) is 22.5. The van der Waals surface area contributed by atoms with Crippen LogP contribution >= 0.6 is 0 Å². The van der Waals surface area contributed by atoms with Gasteiger partial charge in [0.25, 0.3) is 6.29 Å². The van der Waals surface area contributed by atoms with Gasteiger partial charge >= 0.3 is 18.3 Å². The van der Waals surface area contributed by atoms with Crippen molar-refractivity contribution in [1.82, 2.24) is 0 Å². The monoisotopic (exact) mass is 640 g/mol. The van der Waals surface area contributed by atoms with E-state index in [1.54, 1.807) is 0 Å². The average molecular weight is 640 g/mol. The Balaban J connectivity index is 1.47. The summed E-state index contributed by atoms with van der Waals surface area (Å²) in [6.45, 7) is 1.96. The van der Waals surface area contributed by atoms with E-state index in [-0.39, 0.29) is 48.7 Å². The van der Waals surface area contributed by atoms with E-state index in [1.165, 1.54) is 0 Å². The largest absolute Gasteiger partial charge is 0.453 e. The Morgan fingerprint density at radius 3 is 2.02 bits per heavy atom. The van der Waals surface area contributed by atoms with Crippen LogP contribution in [-0.4, -0.2) is 25.6 Å². The van der Waals surface area contributed by atoms with Crippen LogP contribution in [0.5, 0.6) is 17.2 Å². The number of halogens is 10. The lowest BCUT2D eigenvalue weighted by Gasteiger charge is -2.33. The molecule has 0 aliphatic carbocycles. The first-order valence-corrected chi connectivity index (χ1v) is 12.8. The van der Waals surface area contributed by atoms with E-state index in [0.29, 0.717) is 24.6 Å². The van der Waals surface area contributed by atoms with E-state index < -0.39 is 70.7 Å². The summed E-state index contributed by atoms with van der Waals surface area (Å²) in [5.41, 5.74) is -2.08. The highest BCUT2D eigenvalue weighted by Gasteiger charge is 2.47. The maximum Gasteiger partial charge on any atom is 0.451 e. The predicted molar refractivity (Wildman–Crippen MR) is 133 cm³/mol. The summed E-state index contributed by atoms with van der Waals surface area (Å²) in [6, 6.07) is 4.70. The van der Waals surface area contributed by atoms with Crippen LogP contribution in [0, 0.1) is 29.2 Å². The van der Waals surface area contributed by atoms with Gasteiger partial charge in [-0.05, 0) is 36.2 Å². The number of benzene rings is 3. The molecule has 1 aliphatic rings. The van der Waals surface area contributed by atoms with Crippen molar-refractivity contribution in [1.29, 1.82) is 0 Å². The third-order valence-corrected chi connectivity index (χ3v) is 6.21. The van der Waals surface area contributed by atoms with Gasteiger partial charge in [0.05, 0.1) is 18.8 Å². The molecule has 1 saturated heterocycles. The van der Waals surface area contributed by atoms with E-state index in [9.17, 15) is 43.9 Å². The van der Waals surface area contributed by atoms with Crippen molar-refractivity contribution in [3.05, 3.63) is 89.7 Å². The van der Waals surface area contributed by atoms with Crippen LogP contribution in [0.3, 0.4) is 0 Å². The van der Waals surface area contributed by atoms with E-state index >= 15 is 0 Å². The van der Waals surface area contributed by atoms with E-state index in [1.807, 2.05) is 6.92 Å². The molecule has 0 unspecified atom stereocenters. The molecule has 1 fully saturated rings. The van der Waals surface area contributed by atoms with Crippen LogP contribution < -0.4 is 14.2 Å². The van der Waals surface area contributed by atoms with Gasteiger partial charge in [-0.2, -0.15) is 26.3 Å². The summed E-state index contributed by atoms with van der Waals surface area (Å²) in [7, 11) is 0. The van der Waals surface area contributed by atoms with Gasteiger partial charge in [0.2, 0.25) is 0 Å². The molecule has 3 aromatic rings. The lowest BCUT2D eigenvalue weighted by molar-refractivity contribution is -0.352. The molecule has 0 spiro atoms. The van der Waals surface area contributed by atoms with Crippen LogP contribution in [-0.2, 0) is 15.6 Å². The average Bonchev–Trinajstić information content (AvgIpc) is 2.92. The first-order valence-electron chi connectivity index (χ1n) is 12.8. The molecule has 0 atom stereocenters. The molecule has 0 amide bonds. The van der Waals surface area contributed by atoms with E-state index in [2.05, 4.69) is 14.2 Å². The Morgan fingerprint density at radius 2 is 1.45 bits per heavy atom. The van der Waals surface area contributed by atoms with Gasteiger partial charge in [-0.1, -0.05) is 19.4 Å². The fourth-order valence-electron chi connectivity index (χ4n) is 4.24. The molecule has 0 radical (unpaired) electrons. The molecule has 0 N–H and O–H groups in total. The Bertz CT molecular complexity index is 1480. The van der Waals surface area contributed by atoms with Crippen LogP contribution in [0.25, 0.3) is 11.1 Å². The molecule has 1 heterocycles. The minimum atomic E-state index is -4.53. The summed E-state index contributed by atoms with van der Waals surface area (Å²) >= 11 is 0. The third kappa shape index (κ3) is 7.75. The zero-order valence-electron chi connectivity index (χ0n) is 22.5. The summed E-state index contributed by atoms with van der Waals surface area (Å²) < 4.78 is 163. The van der Waals surface area contributed by atoms with Crippen LogP contribution in [0.1, 0.15) is 25.3 Å². The van der Waals surface area contributed by atoms with Crippen molar-refractivity contribution >= 4 is 0 Å². The van der Waals surface area contributed by atoms with Crippen molar-refractivity contribution in [2.45, 2.75) is 38.3 Å². The molecule has 0 saturated carbocycles. The second-order valence-corrected chi connectivity index (χ2v) is 9.51. The van der Waals surface area contributed by atoms with E-state index in [4.69, 9.17) is 9.47 Å². The highest BCUT2D eigenvalue weighted by molar-refractivity contribution is 5.65. The number of alkyl halides is 4. The third-order valence-electron chi connectivity index (χ3n) is 6.21. The Hall–Kier alpha value is -3.98. The fraction of sp³-hybridized carbons (Fsp3) is 0.310. The minimum Gasteiger partial charge on any atom is -0.453 e. The fourth-order valence-corrected chi connectivity index (χ4v) is 4.24. The van der Waals surface area contributed by atoms with Gasteiger partial charge in [-0.25, -0.2) is 17.6 Å². The molecule has 15 heteroatoms. The Kier molecular flexibility index (Phi) is 9.98. The highest BCUT2D eigenvalue weighted by Crippen LogP contribution is 2.38. The van der Waals surface area contributed by atoms with Gasteiger partial charge in [0.1, 0.15) is 23.1 Å². The van der Waals surface area contributed by atoms with Crippen molar-refractivity contribution < 1.29 is 67.6 Å². The normalized spacial score (nSPS) is 17.2. The zero-order chi connectivity index (χ0) is 32.2. The second kappa shape index (κ2) is 13.3. The summed E-state index contributed by atoms with van der Waals surface area (Å²) in [5, 5.41) is 0. The van der Waals surface area contributed by atoms with Gasteiger partial charge in [-0.15, -0.1) is 0 Å². The summed E-state index contributed by atoms with van der Waals surface area (Å²) in [5.74, 6) is -9.31. The lowest BCUT2D eigenvalue weighted by Crippen LogP contribution is -2.47. The first-order chi connectivity index (χ1) is 20.7. The highest BCUT2D eigenvalue weighted by atomic mass is 19.3. The molecular weight excluding hydrogens is 618 g/mol. The summed E-state index contributed by atoms with van der Waals surface area (Å²) in [6.07, 6.45) is -11.7. The van der Waals surface area contributed by atoms with Gasteiger partial charge in [0.15, 0.2) is 23.6 Å². The molecule has 4 rings (SSSR count). The quantitative estimate of drug-likeness (QED) is 0.155. The number of rotatable bonds is 11. The predicted octanol–water partition coefficient (Wildman–Crippen LogP) is 8.92.